The van der Waals surface area contributed by atoms with E-state index in [1.807, 2.05) is 11.3 Å². The Morgan fingerprint density at radius 2 is 0.938 bits per heavy atom. The predicted molar refractivity (Wildman–Crippen MR) is 137 cm³/mol. The third kappa shape index (κ3) is 3.26. The molecule has 0 radical (unpaired) electrons. The standard InChI is InChI=1S/C30H21NS/c1-4-12-22(13-5-1)27-20-31(24-16-8-3-9-17-24)21-28(27)30-26-19-11-10-18-25(26)29(32-30)23-14-6-2-7-15-23/h1-21H. The van der Waals surface area contributed by atoms with Crippen molar-refractivity contribution in [3.05, 3.63) is 128 Å². The number of nitrogens with zero attached hydrogens (tertiary/aromatic N) is 1. The van der Waals surface area contributed by atoms with Crippen LogP contribution in [0.1, 0.15) is 0 Å². The predicted octanol–water partition coefficient (Wildman–Crippen LogP) is 8.69. The Bertz CT molecular complexity index is 1490. The molecule has 6 aromatic rings. The van der Waals surface area contributed by atoms with E-state index in [1.54, 1.807) is 0 Å². The molecular formula is C30H21NS. The van der Waals surface area contributed by atoms with E-state index in [0.717, 1.165) is 0 Å². The summed E-state index contributed by atoms with van der Waals surface area (Å²) in [6.45, 7) is 0. The van der Waals surface area contributed by atoms with Crippen molar-refractivity contribution in [2.45, 2.75) is 0 Å². The van der Waals surface area contributed by atoms with Crippen LogP contribution in [0, 0.1) is 0 Å². The van der Waals surface area contributed by atoms with Gasteiger partial charge in [0.2, 0.25) is 0 Å². The van der Waals surface area contributed by atoms with Gasteiger partial charge < -0.3 is 4.57 Å². The number of thiophene rings is 1. The lowest BCUT2D eigenvalue weighted by molar-refractivity contribution is 1.08. The summed E-state index contributed by atoms with van der Waals surface area (Å²) in [6, 6.07) is 40.7. The minimum Gasteiger partial charge on any atom is -0.323 e. The van der Waals surface area contributed by atoms with Crippen molar-refractivity contribution in [3.8, 4) is 37.7 Å². The number of hydrogen-bond acceptors (Lipinski definition) is 1. The van der Waals surface area contributed by atoms with Crippen LogP contribution >= 0.6 is 11.3 Å². The first-order chi connectivity index (χ1) is 15.9. The van der Waals surface area contributed by atoms with Crippen molar-refractivity contribution < 1.29 is 0 Å². The van der Waals surface area contributed by atoms with E-state index in [0.29, 0.717) is 0 Å². The molecule has 0 aliphatic heterocycles. The molecule has 0 bridgehead atoms. The van der Waals surface area contributed by atoms with Gasteiger partial charge in [-0.3, -0.25) is 0 Å². The van der Waals surface area contributed by atoms with E-state index in [9.17, 15) is 0 Å². The average molecular weight is 428 g/mol. The summed E-state index contributed by atoms with van der Waals surface area (Å²) >= 11 is 1.88. The fraction of sp³-hybridized carbons (Fsp3) is 0. The van der Waals surface area contributed by atoms with Crippen LogP contribution < -0.4 is 0 Å². The van der Waals surface area contributed by atoms with Gasteiger partial charge in [-0.25, -0.2) is 0 Å². The fourth-order valence-corrected chi connectivity index (χ4v) is 5.63. The molecule has 2 heteroatoms. The number of rotatable bonds is 4. The van der Waals surface area contributed by atoms with Gasteiger partial charge in [-0.05, 0) is 23.3 Å². The van der Waals surface area contributed by atoms with E-state index in [-0.39, 0.29) is 0 Å². The molecule has 0 atom stereocenters. The Kier molecular flexibility index (Phi) is 4.71. The van der Waals surface area contributed by atoms with E-state index in [1.165, 1.54) is 48.5 Å². The van der Waals surface area contributed by atoms with Crippen LogP contribution in [0.5, 0.6) is 0 Å². The van der Waals surface area contributed by atoms with Gasteiger partial charge in [0.25, 0.3) is 0 Å². The number of benzene rings is 4. The van der Waals surface area contributed by atoms with Gasteiger partial charge in [0.1, 0.15) is 0 Å². The van der Waals surface area contributed by atoms with E-state index >= 15 is 0 Å². The summed E-state index contributed by atoms with van der Waals surface area (Å²) in [6.07, 6.45) is 4.54. The summed E-state index contributed by atoms with van der Waals surface area (Å²) in [5.74, 6) is 0. The quantitative estimate of drug-likeness (QED) is 0.265. The molecule has 0 amide bonds. The zero-order valence-electron chi connectivity index (χ0n) is 17.5. The molecule has 0 saturated carbocycles. The first-order valence-corrected chi connectivity index (χ1v) is 11.6. The molecular weight excluding hydrogens is 406 g/mol. The van der Waals surface area contributed by atoms with Gasteiger partial charge in [0.05, 0.1) is 0 Å². The minimum atomic E-state index is 1.17. The fourth-order valence-electron chi connectivity index (χ4n) is 4.33. The molecule has 4 aromatic carbocycles. The number of aromatic nitrogens is 1. The van der Waals surface area contributed by atoms with Gasteiger partial charge >= 0.3 is 0 Å². The lowest BCUT2D eigenvalue weighted by Crippen LogP contribution is -1.87. The first kappa shape index (κ1) is 18.9. The van der Waals surface area contributed by atoms with Gasteiger partial charge in [0.15, 0.2) is 0 Å². The highest BCUT2D eigenvalue weighted by molar-refractivity contribution is 7.21. The highest BCUT2D eigenvalue weighted by Gasteiger charge is 2.19. The van der Waals surface area contributed by atoms with Crippen molar-refractivity contribution in [3.63, 3.8) is 0 Å². The zero-order chi connectivity index (χ0) is 21.3. The van der Waals surface area contributed by atoms with E-state index in [2.05, 4.69) is 132 Å². The first-order valence-electron chi connectivity index (χ1n) is 10.8. The summed E-state index contributed by atoms with van der Waals surface area (Å²) in [5, 5.41) is 2.62. The van der Waals surface area contributed by atoms with Gasteiger partial charge in [-0.1, -0.05) is 103 Å². The third-order valence-electron chi connectivity index (χ3n) is 5.87. The second kappa shape index (κ2) is 7.99. The third-order valence-corrected chi connectivity index (χ3v) is 7.17. The van der Waals surface area contributed by atoms with Crippen LogP contribution in [-0.4, -0.2) is 4.57 Å². The van der Waals surface area contributed by atoms with Gasteiger partial charge in [-0.15, -0.1) is 11.3 Å². The highest BCUT2D eigenvalue weighted by atomic mass is 32.1. The highest BCUT2D eigenvalue weighted by Crippen LogP contribution is 2.47. The largest absolute Gasteiger partial charge is 0.323 e. The molecule has 0 saturated heterocycles. The smallest absolute Gasteiger partial charge is 0.0449 e. The van der Waals surface area contributed by atoms with Crippen molar-refractivity contribution in [1.29, 1.82) is 0 Å². The maximum Gasteiger partial charge on any atom is 0.0449 e. The van der Waals surface area contributed by atoms with Crippen LogP contribution in [0.15, 0.2) is 128 Å². The molecule has 6 rings (SSSR count). The van der Waals surface area contributed by atoms with Crippen LogP contribution in [0.25, 0.3) is 48.5 Å². The lowest BCUT2D eigenvalue weighted by atomic mass is 10.0. The molecule has 2 heterocycles. The Morgan fingerprint density at radius 1 is 0.438 bits per heavy atom. The van der Waals surface area contributed by atoms with Crippen LogP contribution in [-0.2, 0) is 0 Å². The molecule has 2 aromatic heterocycles. The monoisotopic (exact) mass is 427 g/mol. The van der Waals surface area contributed by atoms with Gasteiger partial charge in [-0.2, -0.15) is 0 Å². The molecule has 0 N–H and O–H groups in total. The molecule has 0 aliphatic rings. The summed E-state index contributed by atoms with van der Waals surface area (Å²) in [4.78, 5) is 2.63. The van der Waals surface area contributed by atoms with E-state index in [4.69, 9.17) is 0 Å². The second-order valence-corrected chi connectivity index (χ2v) is 8.89. The van der Waals surface area contributed by atoms with E-state index < -0.39 is 0 Å². The van der Waals surface area contributed by atoms with Crippen molar-refractivity contribution in [1.82, 2.24) is 4.57 Å². The molecule has 0 spiro atoms. The number of fused-ring (bicyclic) bond motifs is 1. The Morgan fingerprint density at radius 3 is 1.59 bits per heavy atom. The molecule has 32 heavy (non-hydrogen) atoms. The SMILES string of the molecule is c1ccc(-c2cn(-c3ccccc3)cc2-c2sc(-c3ccccc3)c3ccccc23)cc1. The normalized spacial score (nSPS) is 11.1. The van der Waals surface area contributed by atoms with Crippen LogP contribution in [0.3, 0.4) is 0 Å². The van der Waals surface area contributed by atoms with Gasteiger partial charge in [0, 0.05) is 49.7 Å². The maximum absolute atomic E-state index is 2.28. The maximum atomic E-state index is 2.28. The molecule has 152 valence electrons. The van der Waals surface area contributed by atoms with Crippen LogP contribution in [0.2, 0.25) is 0 Å². The molecule has 0 unspecified atom stereocenters. The second-order valence-electron chi connectivity index (χ2n) is 7.87. The van der Waals surface area contributed by atoms with Crippen molar-refractivity contribution in [2.75, 3.05) is 0 Å². The van der Waals surface area contributed by atoms with Crippen molar-refractivity contribution >= 4 is 22.1 Å². The minimum absolute atomic E-state index is 1.17. The molecule has 0 fully saturated rings. The summed E-state index contributed by atoms with van der Waals surface area (Å²) < 4.78 is 2.24. The average Bonchev–Trinajstić information content (AvgIpc) is 3.48. The Hall–Kier alpha value is -3.88. The Balaban J connectivity index is 1.63. The Labute approximate surface area is 191 Å². The summed E-state index contributed by atoms with van der Waals surface area (Å²) in [5.41, 5.74) is 6.18. The topological polar surface area (TPSA) is 4.93 Å². The summed E-state index contributed by atoms with van der Waals surface area (Å²) in [7, 11) is 0. The lowest BCUT2D eigenvalue weighted by Gasteiger charge is -2.03. The number of hydrogen-bond donors (Lipinski definition) is 0. The molecule has 0 aliphatic carbocycles. The van der Waals surface area contributed by atoms with Crippen molar-refractivity contribution in [2.24, 2.45) is 0 Å². The molecule has 1 nitrogen and oxygen atoms in total. The van der Waals surface area contributed by atoms with Crippen LogP contribution in [0.4, 0.5) is 0 Å². The number of para-hydroxylation sites is 1. The zero-order valence-corrected chi connectivity index (χ0v) is 18.3.